The molecule has 1 heterocycles. The number of carbonyl (C=O) groups excluding carboxylic acids is 2. The minimum Gasteiger partial charge on any atom is -0.480 e. The molecular weight excluding hydrogens is 366 g/mol. The normalized spacial score (nSPS) is 17.7. The summed E-state index contributed by atoms with van der Waals surface area (Å²) in [6, 6.07) is 6.54. The van der Waals surface area contributed by atoms with Gasteiger partial charge in [0.1, 0.15) is 6.04 Å². The molecule has 2 rings (SSSR count). The number of carboxylic acids is 1. The fourth-order valence-corrected chi connectivity index (χ4v) is 2.86. The van der Waals surface area contributed by atoms with Gasteiger partial charge >= 0.3 is 5.97 Å². The Kier molecular flexibility index (Phi) is 6.12. The number of amides is 2. The van der Waals surface area contributed by atoms with Crippen LogP contribution in [0.3, 0.4) is 0 Å². The van der Waals surface area contributed by atoms with E-state index in [-0.39, 0.29) is 24.9 Å². The van der Waals surface area contributed by atoms with Crippen LogP contribution in [0.2, 0.25) is 0 Å². The zero-order chi connectivity index (χ0) is 16.8. The van der Waals surface area contributed by atoms with Crippen LogP contribution in [0.5, 0.6) is 0 Å². The lowest BCUT2D eigenvalue weighted by molar-refractivity contribution is -0.142. The number of carboxylic acid groups (broad SMARTS) is 1. The van der Waals surface area contributed by atoms with Crippen molar-refractivity contribution in [1.82, 2.24) is 10.2 Å². The second-order valence-electron chi connectivity index (χ2n) is 5.27. The van der Waals surface area contributed by atoms with E-state index in [0.717, 1.165) is 10.9 Å². The highest BCUT2D eigenvalue weighted by atomic mass is 79.9. The number of rotatable bonds is 6. The summed E-state index contributed by atoms with van der Waals surface area (Å²) >= 11 is 3.32. The van der Waals surface area contributed by atoms with Gasteiger partial charge in [-0.15, -0.1) is 0 Å². The molecular formula is C15H18BrN3O4. The van der Waals surface area contributed by atoms with Gasteiger partial charge in [-0.1, -0.05) is 12.1 Å². The first kappa shape index (κ1) is 17.4. The monoisotopic (exact) mass is 383 g/mol. The van der Waals surface area contributed by atoms with Crippen LogP contribution in [0, 0.1) is 0 Å². The molecule has 1 aliphatic heterocycles. The lowest BCUT2D eigenvalue weighted by atomic mass is 10.2. The number of hydrogen-bond acceptors (Lipinski definition) is 4. The lowest BCUT2D eigenvalue weighted by Crippen LogP contribution is -2.44. The van der Waals surface area contributed by atoms with Gasteiger partial charge in [0, 0.05) is 4.47 Å². The molecule has 0 aliphatic carbocycles. The number of likely N-dealkylation sites (tertiary alicyclic amines) is 1. The Balaban J connectivity index is 1.77. The van der Waals surface area contributed by atoms with Crippen LogP contribution in [-0.2, 0) is 14.4 Å². The van der Waals surface area contributed by atoms with Crippen molar-refractivity contribution in [3.63, 3.8) is 0 Å². The van der Waals surface area contributed by atoms with E-state index in [4.69, 9.17) is 5.11 Å². The fourth-order valence-electron chi connectivity index (χ4n) is 2.47. The van der Waals surface area contributed by atoms with Crippen LogP contribution in [-0.4, -0.2) is 53.5 Å². The second kappa shape index (κ2) is 8.07. The molecule has 0 bridgehead atoms. The predicted octanol–water partition coefficient (Wildman–Crippen LogP) is 1.05. The van der Waals surface area contributed by atoms with Crippen molar-refractivity contribution in [3.8, 4) is 0 Å². The van der Waals surface area contributed by atoms with Gasteiger partial charge in [0.15, 0.2) is 0 Å². The Labute approximate surface area is 142 Å². The van der Waals surface area contributed by atoms with E-state index in [1.165, 1.54) is 0 Å². The van der Waals surface area contributed by atoms with Crippen LogP contribution in [0.25, 0.3) is 0 Å². The molecule has 2 amide bonds. The molecule has 1 atom stereocenters. The summed E-state index contributed by atoms with van der Waals surface area (Å²) in [6.07, 6.45) is 1.30. The van der Waals surface area contributed by atoms with Crippen molar-refractivity contribution >= 4 is 39.4 Å². The van der Waals surface area contributed by atoms with Crippen molar-refractivity contribution in [2.75, 3.05) is 25.0 Å². The summed E-state index contributed by atoms with van der Waals surface area (Å²) in [7, 11) is 0. The second-order valence-corrected chi connectivity index (χ2v) is 6.13. The molecule has 1 aliphatic rings. The molecule has 3 N–H and O–H groups in total. The zero-order valence-electron chi connectivity index (χ0n) is 12.4. The van der Waals surface area contributed by atoms with Crippen molar-refractivity contribution in [2.45, 2.75) is 18.9 Å². The summed E-state index contributed by atoms with van der Waals surface area (Å²) in [5.74, 6) is -1.62. The standard InChI is InChI=1S/C15H18BrN3O4/c16-10-4-1-2-5-11(10)18-13(20)8-17-14(21)9-19-7-3-6-12(19)15(22)23/h1-2,4-5,12H,3,6-9H2,(H,17,21)(H,18,20)(H,22,23). The molecule has 124 valence electrons. The average molecular weight is 384 g/mol. The van der Waals surface area contributed by atoms with E-state index in [0.29, 0.717) is 18.7 Å². The van der Waals surface area contributed by atoms with E-state index in [9.17, 15) is 14.4 Å². The molecule has 8 heteroatoms. The van der Waals surface area contributed by atoms with Gasteiger partial charge in [-0.25, -0.2) is 0 Å². The van der Waals surface area contributed by atoms with Gasteiger partial charge < -0.3 is 15.7 Å². The first-order valence-corrected chi connectivity index (χ1v) is 8.04. The van der Waals surface area contributed by atoms with Crippen LogP contribution >= 0.6 is 15.9 Å². The largest absolute Gasteiger partial charge is 0.480 e. The quantitative estimate of drug-likeness (QED) is 0.681. The summed E-state index contributed by atoms with van der Waals surface area (Å²) in [5, 5.41) is 14.2. The Morgan fingerprint density at radius 1 is 1.26 bits per heavy atom. The Morgan fingerprint density at radius 3 is 2.70 bits per heavy atom. The van der Waals surface area contributed by atoms with E-state index in [1.807, 2.05) is 6.07 Å². The van der Waals surface area contributed by atoms with Crippen LogP contribution in [0.1, 0.15) is 12.8 Å². The smallest absolute Gasteiger partial charge is 0.320 e. The van der Waals surface area contributed by atoms with Gasteiger partial charge in [-0.05, 0) is 47.4 Å². The highest BCUT2D eigenvalue weighted by molar-refractivity contribution is 9.10. The fraction of sp³-hybridized carbons (Fsp3) is 0.400. The maximum atomic E-state index is 11.9. The number of aliphatic carboxylic acids is 1. The van der Waals surface area contributed by atoms with Crippen molar-refractivity contribution in [1.29, 1.82) is 0 Å². The number of anilines is 1. The van der Waals surface area contributed by atoms with E-state index in [2.05, 4.69) is 26.6 Å². The molecule has 0 radical (unpaired) electrons. The highest BCUT2D eigenvalue weighted by Gasteiger charge is 2.31. The van der Waals surface area contributed by atoms with Crippen LogP contribution in [0.15, 0.2) is 28.7 Å². The lowest BCUT2D eigenvalue weighted by Gasteiger charge is -2.20. The SMILES string of the molecule is O=C(CN1CCCC1C(=O)O)NCC(=O)Nc1ccccc1Br. The van der Waals surface area contributed by atoms with Crippen molar-refractivity contribution in [3.05, 3.63) is 28.7 Å². The topological polar surface area (TPSA) is 98.7 Å². The predicted molar refractivity (Wildman–Crippen MR) is 88.0 cm³/mol. The number of halogens is 1. The average Bonchev–Trinajstić information content (AvgIpc) is 2.96. The zero-order valence-corrected chi connectivity index (χ0v) is 14.0. The highest BCUT2D eigenvalue weighted by Crippen LogP contribution is 2.20. The first-order chi connectivity index (χ1) is 11.0. The number of nitrogens with zero attached hydrogens (tertiary/aromatic N) is 1. The van der Waals surface area contributed by atoms with Gasteiger partial charge in [0.05, 0.1) is 18.8 Å². The third-order valence-electron chi connectivity index (χ3n) is 3.59. The van der Waals surface area contributed by atoms with E-state index in [1.54, 1.807) is 23.1 Å². The van der Waals surface area contributed by atoms with Crippen LogP contribution < -0.4 is 10.6 Å². The molecule has 1 aromatic carbocycles. The summed E-state index contributed by atoms with van der Waals surface area (Å²) in [6.45, 7) is 0.401. The summed E-state index contributed by atoms with van der Waals surface area (Å²) in [5.41, 5.74) is 0.622. The van der Waals surface area contributed by atoms with Crippen molar-refractivity contribution in [2.24, 2.45) is 0 Å². The van der Waals surface area contributed by atoms with E-state index < -0.39 is 12.0 Å². The summed E-state index contributed by atoms with van der Waals surface area (Å²) in [4.78, 5) is 36.3. The maximum absolute atomic E-state index is 11.9. The molecule has 1 aromatic rings. The van der Waals surface area contributed by atoms with Gasteiger partial charge in [0.25, 0.3) is 0 Å². The molecule has 23 heavy (non-hydrogen) atoms. The molecule has 1 fully saturated rings. The Bertz CT molecular complexity index is 608. The van der Waals surface area contributed by atoms with Gasteiger partial charge in [-0.3, -0.25) is 19.3 Å². The van der Waals surface area contributed by atoms with Gasteiger partial charge in [0.2, 0.25) is 11.8 Å². The molecule has 1 saturated heterocycles. The molecule has 0 spiro atoms. The first-order valence-electron chi connectivity index (χ1n) is 7.25. The number of hydrogen-bond donors (Lipinski definition) is 3. The third kappa shape index (κ3) is 5.04. The number of benzene rings is 1. The minimum atomic E-state index is -0.915. The van der Waals surface area contributed by atoms with E-state index >= 15 is 0 Å². The molecule has 0 aromatic heterocycles. The van der Waals surface area contributed by atoms with Crippen LogP contribution in [0.4, 0.5) is 5.69 Å². The number of carbonyl (C=O) groups is 3. The number of para-hydroxylation sites is 1. The van der Waals surface area contributed by atoms with Crippen molar-refractivity contribution < 1.29 is 19.5 Å². The Hall–Kier alpha value is -1.93. The molecule has 7 nitrogen and oxygen atoms in total. The Morgan fingerprint density at radius 2 is 2.00 bits per heavy atom. The maximum Gasteiger partial charge on any atom is 0.320 e. The minimum absolute atomic E-state index is 0.0146. The number of nitrogens with one attached hydrogen (secondary N) is 2. The molecule has 0 saturated carbocycles. The van der Waals surface area contributed by atoms with Gasteiger partial charge in [-0.2, -0.15) is 0 Å². The third-order valence-corrected chi connectivity index (χ3v) is 4.28. The summed E-state index contributed by atoms with van der Waals surface area (Å²) < 4.78 is 0.751. The molecule has 1 unspecified atom stereocenters.